The van der Waals surface area contributed by atoms with Gasteiger partial charge in [-0.2, -0.15) is 0 Å². The number of carbonyl (C=O) groups is 2. The zero-order valence-electron chi connectivity index (χ0n) is 15.9. The third-order valence-electron chi connectivity index (χ3n) is 9.95. The van der Waals surface area contributed by atoms with E-state index in [-0.39, 0.29) is 28.1 Å². The van der Waals surface area contributed by atoms with Crippen LogP contribution in [0.4, 0.5) is 0 Å². The molecule has 5 fully saturated rings. The van der Waals surface area contributed by atoms with E-state index >= 15 is 0 Å². The zero-order chi connectivity index (χ0) is 18.1. The Balaban J connectivity index is 1.47. The van der Waals surface area contributed by atoms with Crippen molar-refractivity contribution in [1.82, 2.24) is 0 Å². The van der Waals surface area contributed by atoms with Gasteiger partial charge in [0.1, 0.15) is 11.2 Å². The van der Waals surface area contributed by atoms with Crippen molar-refractivity contribution in [2.75, 3.05) is 0 Å². The summed E-state index contributed by atoms with van der Waals surface area (Å²) in [6.07, 6.45) is 8.13. The second kappa shape index (κ2) is 4.29. The fourth-order valence-corrected chi connectivity index (χ4v) is 8.34. The molecule has 2 unspecified atom stereocenters. The molecule has 0 aromatic rings. The van der Waals surface area contributed by atoms with Crippen molar-refractivity contribution in [1.29, 1.82) is 0 Å². The van der Waals surface area contributed by atoms with Crippen LogP contribution in [0, 0.1) is 34.5 Å². The van der Waals surface area contributed by atoms with Crippen LogP contribution in [0.5, 0.6) is 0 Å². The first-order valence-electron chi connectivity index (χ1n) is 10.3. The fourth-order valence-electron chi connectivity index (χ4n) is 8.34. The van der Waals surface area contributed by atoms with Crippen LogP contribution in [0.3, 0.4) is 0 Å². The maximum atomic E-state index is 12.1. The number of ketones is 1. The molecule has 0 aromatic heterocycles. The molecule has 4 nitrogen and oxygen atoms in total. The highest BCUT2D eigenvalue weighted by atomic mass is 16.6. The molecule has 4 saturated carbocycles. The van der Waals surface area contributed by atoms with Crippen molar-refractivity contribution in [2.45, 2.75) is 76.6 Å². The minimum atomic E-state index is -0.374. The Hall–Kier alpha value is -1.16. The predicted molar refractivity (Wildman–Crippen MR) is 94.1 cm³/mol. The number of epoxide rings is 1. The lowest BCUT2D eigenvalue weighted by molar-refractivity contribution is -0.162. The number of hydrogen-bond donors (Lipinski definition) is 0. The van der Waals surface area contributed by atoms with Crippen LogP contribution < -0.4 is 0 Å². The quantitative estimate of drug-likeness (QED) is 0.562. The minimum absolute atomic E-state index is 0.00154. The van der Waals surface area contributed by atoms with E-state index in [1.54, 1.807) is 0 Å². The SMILES string of the molecule is CC12C[C@H]3OC34[C@@H]([C@H]3C[C@H]3C3=CC(=O)CC[C@@]34C)[C@@H]1CC[C@]2(C)OC=O. The normalized spacial score (nSPS) is 61.3. The molecule has 0 N–H and O–H groups in total. The van der Waals surface area contributed by atoms with Crippen molar-refractivity contribution >= 4 is 12.3 Å². The summed E-state index contributed by atoms with van der Waals surface area (Å²) in [5.41, 5.74) is 0.999. The predicted octanol–water partition coefficient (Wildman–Crippen LogP) is 3.44. The lowest BCUT2D eigenvalue weighted by atomic mass is 9.46. The molecule has 0 aromatic carbocycles. The second-order valence-corrected chi connectivity index (χ2v) is 10.5. The molecule has 5 aliphatic carbocycles. The Kier molecular flexibility index (Phi) is 2.62. The van der Waals surface area contributed by atoms with E-state index in [1.807, 2.05) is 6.08 Å². The Morgan fingerprint density at radius 3 is 2.85 bits per heavy atom. The monoisotopic (exact) mass is 356 g/mol. The Labute approximate surface area is 154 Å². The van der Waals surface area contributed by atoms with Gasteiger partial charge in [-0.1, -0.05) is 19.4 Å². The number of hydrogen-bond acceptors (Lipinski definition) is 4. The molecule has 1 aliphatic heterocycles. The van der Waals surface area contributed by atoms with Crippen LogP contribution >= 0.6 is 0 Å². The summed E-state index contributed by atoms with van der Waals surface area (Å²) in [5.74, 6) is 2.67. The molecular formula is C22H28O4. The molecule has 0 amide bonds. The maximum Gasteiger partial charge on any atom is 0.293 e. The van der Waals surface area contributed by atoms with Crippen molar-refractivity contribution in [2.24, 2.45) is 34.5 Å². The molecule has 1 spiro atoms. The summed E-state index contributed by atoms with van der Waals surface area (Å²) in [5, 5.41) is 0. The largest absolute Gasteiger partial charge is 0.461 e. The summed E-state index contributed by atoms with van der Waals surface area (Å²) >= 11 is 0. The smallest absolute Gasteiger partial charge is 0.293 e. The van der Waals surface area contributed by atoms with Crippen molar-refractivity contribution < 1.29 is 19.1 Å². The van der Waals surface area contributed by atoms with Gasteiger partial charge in [0.2, 0.25) is 0 Å². The summed E-state index contributed by atoms with van der Waals surface area (Å²) < 4.78 is 12.4. The lowest BCUT2D eigenvalue weighted by Crippen LogP contribution is -2.60. The summed E-state index contributed by atoms with van der Waals surface area (Å²) in [7, 11) is 0. The molecule has 0 bridgehead atoms. The maximum absolute atomic E-state index is 12.1. The van der Waals surface area contributed by atoms with Crippen LogP contribution in [0.15, 0.2) is 11.6 Å². The Morgan fingerprint density at radius 2 is 2.08 bits per heavy atom. The number of rotatable bonds is 2. The molecule has 26 heavy (non-hydrogen) atoms. The van der Waals surface area contributed by atoms with E-state index in [0.717, 1.165) is 25.7 Å². The van der Waals surface area contributed by atoms with Gasteiger partial charge in [-0.25, -0.2) is 0 Å². The number of ether oxygens (including phenoxy) is 2. The van der Waals surface area contributed by atoms with E-state index in [4.69, 9.17) is 9.47 Å². The first-order valence-corrected chi connectivity index (χ1v) is 10.3. The van der Waals surface area contributed by atoms with E-state index in [0.29, 0.717) is 42.3 Å². The van der Waals surface area contributed by atoms with Crippen LogP contribution in [0.25, 0.3) is 0 Å². The average Bonchev–Trinajstić information content (AvgIpc) is 3.47. The highest BCUT2D eigenvalue weighted by Gasteiger charge is 2.85. The van der Waals surface area contributed by atoms with Gasteiger partial charge < -0.3 is 9.47 Å². The highest BCUT2D eigenvalue weighted by Crippen LogP contribution is 2.82. The van der Waals surface area contributed by atoms with Crippen molar-refractivity contribution in [3.63, 3.8) is 0 Å². The standard InChI is InChI=1S/C22H28O4/c1-19-6-4-12(24)8-16(19)13-9-14(13)18-15-5-7-21(3,25-11-23)20(15,2)10-17-22(18,19)26-17/h8,11,13-15,17-18H,4-7,9-10H2,1-3H3/t13-,14+,15+,17-,18+,19+,20?,21+,22?/m1/s1. The average molecular weight is 356 g/mol. The lowest BCUT2D eigenvalue weighted by Gasteiger charge is -2.56. The van der Waals surface area contributed by atoms with E-state index < -0.39 is 0 Å². The molecule has 6 aliphatic rings. The summed E-state index contributed by atoms with van der Waals surface area (Å²) in [4.78, 5) is 23.3. The number of carbonyl (C=O) groups excluding carboxylic acids is 2. The van der Waals surface area contributed by atoms with Crippen LogP contribution in [0.1, 0.15) is 59.3 Å². The molecule has 6 rings (SSSR count). The van der Waals surface area contributed by atoms with Gasteiger partial charge in [-0.05, 0) is 68.8 Å². The van der Waals surface area contributed by atoms with Gasteiger partial charge in [0, 0.05) is 17.3 Å². The molecule has 1 heterocycles. The van der Waals surface area contributed by atoms with Crippen LogP contribution in [0.2, 0.25) is 0 Å². The van der Waals surface area contributed by atoms with Gasteiger partial charge >= 0.3 is 0 Å². The highest BCUT2D eigenvalue weighted by molar-refractivity contribution is 5.92. The van der Waals surface area contributed by atoms with Gasteiger partial charge in [-0.3, -0.25) is 9.59 Å². The molecule has 9 atom stereocenters. The third kappa shape index (κ3) is 1.44. The zero-order valence-corrected chi connectivity index (χ0v) is 15.9. The topological polar surface area (TPSA) is 55.9 Å². The van der Waals surface area contributed by atoms with Crippen molar-refractivity contribution in [3.8, 4) is 0 Å². The molecule has 0 radical (unpaired) electrons. The third-order valence-corrected chi connectivity index (χ3v) is 9.95. The van der Waals surface area contributed by atoms with Gasteiger partial charge in [0.05, 0.1) is 6.10 Å². The van der Waals surface area contributed by atoms with Gasteiger partial charge in [-0.15, -0.1) is 0 Å². The number of fused-ring (bicyclic) bond motifs is 6. The van der Waals surface area contributed by atoms with E-state index in [2.05, 4.69) is 20.8 Å². The summed E-state index contributed by atoms with van der Waals surface area (Å²) in [6.45, 7) is 7.51. The minimum Gasteiger partial charge on any atom is -0.461 e. The van der Waals surface area contributed by atoms with E-state index in [1.165, 1.54) is 12.0 Å². The second-order valence-electron chi connectivity index (χ2n) is 10.5. The molecule has 4 heteroatoms. The first-order chi connectivity index (χ1) is 12.3. The first kappa shape index (κ1) is 15.9. The molecule has 1 saturated heterocycles. The van der Waals surface area contributed by atoms with E-state index in [9.17, 15) is 9.59 Å². The van der Waals surface area contributed by atoms with Crippen molar-refractivity contribution in [3.05, 3.63) is 11.6 Å². The fraction of sp³-hybridized carbons (Fsp3) is 0.818. The molecule has 140 valence electrons. The molecular weight excluding hydrogens is 328 g/mol. The van der Waals surface area contributed by atoms with Crippen LogP contribution in [-0.2, 0) is 19.1 Å². The summed E-state index contributed by atoms with van der Waals surface area (Å²) in [6, 6.07) is 0. The Morgan fingerprint density at radius 1 is 1.27 bits per heavy atom. The van der Waals surface area contributed by atoms with Gasteiger partial charge in [0.15, 0.2) is 5.78 Å². The van der Waals surface area contributed by atoms with Gasteiger partial charge in [0.25, 0.3) is 6.47 Å². The Bertz CT molecular complexity index is 772. The van der Waals surface area contributed by atoms with Crippen LogP contribution in [-0.4, -0.2) is 29.6 Å².